The molecule has 4 rings (SSSR count). The van der Waals surface area contributed by atoms with Gasteiger partial charge in [-0.1, -0.05) is 12.1 Å². The minimum Gasteiger partial charge on any atom is -0.451 e. The van der Waals surface area contributed by atoms with Crippen molar-refractivity contribution >= 4 is 33.6 Å². The number of furan rings is 1. The number of H-pyrrole nitrogens is 1. The number of hydrogen-bond acceptors (Lipinski definition) is 3. The van der Waals surface area contributed by atoms with E-state index in [1.165, 1.54) is 0 Å². The first-order valence-corrected chi connectivity index (χ1v) is 6.94. The maximum atomic E-state index is 12.3. The summed E-state index contributed by atoms with van der Waals surface area (Å²) in [5.41, 5.74) is 4.24. The molecular formula is C17H13N3O2. The summed E-state index contributed by atoms with van der Waals surface area (Å²) in [6, 6.07) is 13.1. The Morgan fingerprint density at radius 2 is 2.09 bits per heavy atom. The first-order valence-electron chi connectivity index (χ1n) is 6.94. The summed E-state index contributed by atoms with van der Waals surface area (Å²) >= 11 is 0. The zero-order chi connectivity index (χ0) is 15.1. The molecule has 0 aliphatic carbocycles. The van der Waals surface area contributed by atoms with E-state index in [1.807, 2.05) is 43.3 Å². The topological polar surface area (TPSA) is 70.9 Å². The second-order valence-electron chi connectivity index (χ2n) is 5.24. The van der Waals surface area contributed by atoms with Crippen LogP contribution in [0.1, 0.15) is 16.1 Å². The van der Waals surface area contributed by atoms with Crippen molar-refractivity contribution in [2.75, 3.05) is 5.32 Å². The highest BCUT2D eigenvalue weighted by atomic mass is 16.3. The molecule has 0 spiro atoms. The Kier molecular flexibility index (Phi) is 2.72. The van der Waals surface area contributed by atoms with Crippen LogP contribution in [0.5, 0.6) is 0 Å². The third-order valence-corrected chi connectivity index (χ3v) is 3.58. The van der Waals surface area contributed by atoms with Crippen LogP contribution in [-0.4, -0.2) is 15.9 Å². The Hall–Kier alpha value is -3.08. The smallest absolute Gasteiger partial charge is 0.291 e. The number of imidazole rings is 1. The van der Waals surface area contributed by atoms with Crippen LogP contribution < -0.4 is 5.32 Å². The number of rotatable bonds is 2. The van der Waals surface area contributed by atoms with Gasteiger partial charge in [-0.05, 0) is 42.8 Å². The molecule has 0 saturated carbocycles. The van der Waals surface area contributed by atoms with E-state index < -0.39 is 0 Å². The number of hydrogen-bond donors (Lipinski definition) is 2. The summed E-state index contributed by atoms with van der Waals surface area (Å²) in [5.74, 6) is 0.0260. The summed E-state index contributed by atoms with van der Waals surface area (Å²) in [5, 5.41) is 3.75. The minimum absolute atomic E-state index is 0.271. The maximum absolute atomic E-state index is 12.3. The fourth-order valence-electron chi connectivity index (χ4n) is 2.46. The lowest BCUT2D eigenvalue weighted by atomic mass is 10.2. The fourth-order valence-corrected chi connectivity index (χ4v) is 2.46. The number of nitrogens with one attached hydrogen (secondary N) is 2. The summed E-state index contributed by atoms with van der Waals surface area (Å²) in [6.45, 7) is 1.99. The standard InChI is InChI=1S/C17H13N3O2/c1-10-2-3-11-7-16(22-15(11)6-10)17(21)20-12-4-5-13-14(8-12)19-9-18-13/h2-9H,1H3,(H,18,19)(H,20,21). The second-order valence-corrected chi connectivity index (χ2v) is 5.24. The molecule has 0 fully saturated rings. The summed E-state index contributed by atoms with van der Waals surface area (Å²) in [7, 11) is 0. The molecular weight excluding hydrogens is 278 g/mol. The van der Waals surface area contributed by atoms with Gasteiger partial charge in [-0.25, -0.2) is 4.98 Å². The predicted octanol–water partition coefficient (Wildman–Crippen LogP) is 3.87. The molecule has 1 amide bonds. The molecule has 0 radical (unpaired) electrons. The molecule has 108 valence electrons. The number of carbonyl (C=O) groups excluding carboxylic acids is 1. The second kappa shape index (κ2) is 4.73. The normalized spacial score (nSPS) is 11.1. The lowest BCUT2D eigenvalue weighted by molar-refractivity contribution is 0.0998. The van der Waals surface area contributed by atoms with Gasteiger partial charge in [-0.2, -0.15) is 0 Å². The number of carbonyl (C=O) groups is 1. The number of nitrogens with zero attached hydrogens (tertiary/aromatic N) is 1. The average molecular weight is 291 g/mol. The largest absolute Gasteiger partial charge is 0.451 e. The number of anilines is 1. The zero-order valence-corrected chi connectivity index (χ0v) is 11.9. The first-order chi connectivity index (χ1) is 10.7. The van der Waals surface area contributed by atoms with Gasteiger partial charge in [0.05, 0.1) is 17.4 Å². The van der Waals surface area contributed by atoms with E-state index >= 15 is 0 Å². The number of fused-ring (bicyclic) bond motifs is 2. The quantitative estimate of drug-likeness (QED) is 0.589. The van der Waals surface area contributed by atoms with Crippen molar-refractivity contribution in [1.82, 2.24) is 9.97 Å². The van der Waals surface area contributed by atoms with Crippen LogP contribution in [0.2, 0.25) is 0 Å². The Morgan fingerprint density at radius 1 is 1.18 bits per heavy atom. The van der Waals surface area contributed by atoms with Crippen LogP contribution in [0, 0.1) is 6.92 Å². The Balaban J connectivity index is 1.64. The van der Waals surface area contributed by atoms with Crippen LogP contribution in [0.3, 0.4) is 0 Å². The van der Waals surface area contributed by atoms with E-state index in [0.29, 0.717) is 17.0 Å². The van der Waals surface area contributed by atoms with E-state index in [2.05, 4.69) is 15.3 Å². The van der Waals surface area contributed by atoms with Crippen molar-refractivity contribution < 1.29 is 9.21 Å². The van der Waals surface area contributed by atoms with Gasteiger partial charge in [0.15, 0.2) is 5.76 Å². The molecule has 0 aliphatic rings. The van der Waals surface area contributed by atoms with Crippen molar-refractivity contribution in [3.05, 3.63) is 60.1 Å². The highest BCUT2D eigenvalue weighted by molar-refractivity contribution is 6.05. The molecule has 0 bridgehead atoms. The van der Waals surface area contributed by atoms with E-state index in [0.717, 1.165) is 22.0 Å². The van der Waals surface area contributed by atoms with Crippen LogP contribution in [0.25, 0.3) is 22.0 Å². The minimum atomic E-state index is -0.271. The van der Waals surface area contributed by atoms with Crippen molar-refractivity contribution in [1.29, 1.82) is 0 Å². The van der Waals surface area contributed by atoms with Gasteiger partial charge in [-0.3, -0.25) is 4.79 Å². The van der Waals surface area contributed by atoms with E-state index in [1.54, 1.807) is 12.4 Å². The molecule has 4 aromatic rings. The number of benzene rings is 2. The molecule has 5 nitrogen and oxygen atoms in total. The molecule has 0 aliphatic heterocycles. The van der Waals surface area contributed by atoms with Crippen LogP contribution in [0.15, 0.2) is 53.2 Å². The van der Waals surface area contributed by atoms with Crippen molar-refractivity contribution in [2.24, 2.45) is 0 Å². The number of aromatic nitrogens is 2. The third kappa shape index (κ3) is 2.13. The van der Waals surface area contributed by atoms with Crippen molar-refractivity contribution in [2.45, 2.75) is 6.92 Å². The van der Waals surface area contributed by atoms with Gasteiger partial charge in [-0.15, -0.1) is 0 Å². The zero-order valence-electron chi connectivity index (χ0n) is 11.9. The van der Waals surface area contributed by atoms with Gasteiger partial charge in [0.1, 0.15) is 5.58 Å². The Bertz CT molecular complexity index is 997. The van der Waals surface area contributed by atoms with Crippen LogP contribution in [0.4, 0.5) is 5.69 Å². The Labute approximate surface area is 126 Å². The van der Waals surface area contributed by atoms with Crippen LogP contribution >= 0.6 is 0 Å². The molecule has 2 N–H and O–H groups in total. The number of aromatic amines is 1. The first kappa shape index (κ1) is 12.6. The van der Waals surface area contributed by atoms with E-state index in [9.17, 15) is 4.79 Å². The van der Waals surface area contributed by atoms with Gasteiger partial charge >= 0.3 is 0 Å². The van der Waals surface area contributed by atoms with Crippen LogP contribution in [-0.2, 0) is 0 Å². The highest BCUT2D eigenvalue weighted by Crippen LogP contribution is 2.22. The van der Waals surface area contributed by atoms with Gasteiger partial charge in [0.2, 0.25) is 0 Å². The SMILES string of the molecule is Cc1ccc2cc(C(=O)Nc3ccc4nc[nH]c4c3)oc2c1. The van der Waals surface area contributed by atoms with Gasteiger partial charge < -0.3 is 14.7 Å². The van der Waals surface area contributed by atoms with Gasteiger partial charge in [0, 0.05) is 11.1 Å². The van der Waals surface area contributed by atoms with Gasteiger partial charge in [0.25, 0.3) is 5.91 Å². The number of aryl methyl sites for hydroxylation is 1. The molecule has 5 heteroatoms. The lowest BCUT2D eigenvalue weighted by Gasteiger charge is -2.02. The fraction of sp³-hybridized carbons (Fsp3) is 0.0588. The highest BCUT2D eigenvalue weighted by Gasteiger charge is 2.13. The molecule has 2 aromatic carbocycles. The summed E-state index contributed by atoms with van der Waals surface area (Å²) in [4.78, 5) is 19.5. The lowest BCUT2D eigenvalue weighted by Crippen LogP contribution is -2.10. The number of amides is 1. The average Bonchev–Trinajstić information content (AvgIpc) is 3.12. The Morgan fingerprint density at radius 3 is 3.00 bits per heavy atom. The van der Waals surface area contributed by atoms with Crippen molar-refractivity contribution in [3.63, 3.8) is 0 Å². The van der Waals surface area contributed by atoms with E-state index in [-0.39, 0.29) is 5.91 Å². The molecule has 22 heavy (non-hydrogen) atoms. The van der Waals surface area contributed by atoms with E-state index in [4.69, 9.17) is 4.42 Å². The monoisotopic (exact) mass is 291 g/mol. The summed E-state index contributed by atoms with van der Waals surface area (Å²) < 4.78 is 5.62. The molecule has 0 atom stereocenters. The third-order valence-electron chi connectivity index (χ3n) is 3.58. The molecule has 2 heterocycles. The summed E-state index contributed by atoms with van der Waals surface area (Å²) in [6.07, 6.45) is 1.62. The molecule has 2 aromatic heterocycles. The molecule has 0 unspecified atom stereocenters. The van der Waals surface area contributed by atoms with Crippen molar-refractivity contribution in [3.8, 4) is 0 Å². The maximum Gasteiger partial charge on any atom is 0.291 e. The molecule has 0 saturated heterocycles. The predicted molar refractivity (Wildman–Crippen MR) is 85.0 cm³/mol.